The molecule has 0 bridgehead atoms. The first kappa shape index (κ1) is 13.1. The highest BCUT2D eigenvalue weighted by atomic mass is 19.2. The summed E-state index contributed by atoms with van der Waals surface area (Å²) in [6.07, 6.45) is 1.11. The van der Waals surface area contributed by atoms with Gasteiger partial charge in [-0.05, 0) is 18.8 Å². The molecular weight excluding hydrogens is 252 g/mol. The smallest absolute Gasteiger partial charge is 0.253 e. The van der Waals surface area contributed by atoms with Gasteiger partial charge in [0.1, 0.15) is 5.69 Å². The number of hydrogen-bond donors (Lipinski definition) is 1. The van der Waals surface area contributed by atoms with Crippen LogP contribution in [0.25, 0.3) is 0 Å². The first-order valence-corrected chi connectivity index (χ1v) is 5.60. The van der Waals surface area contributed by atoms with Crippen LogP contribution >= 0.6 is 0 Å². The van der Waals surface area contributed by atoms with Crippen molar-refractivity contribution >= 4 is 5.69 Å². The van der Waals surface area contributed by atoms with Gasteiger partial charge >= 0.3 is 0 Å². The molecule has 100 valence electrons. The Morgan fingerprint density at radius 3 is 2.33 bits per heavy atom. The Bertz CT molecular complexity index is 429. The van der Waals surface area contributed by atoms with Gasteiger partial charge in [-0.1, -0.05) is 0 Å². The highest BCUT2D eigenvalue weighted by Crippen LogP contribution is 2.31. The molecule has 7 heteroatoms. The molecule has 0 aromatic carbocycles. The van der Waals surface area contributed by atoms with E-state index in [4.69, 9.17) is 5.11 Å². The van der Waals surface area contributed by atoms with Gasteiger partial charge in [-0.15, -0.1) is 0 Å². The van der Waals surface area contributed by atoms with Gasteiger partial charge < -0.3 is 10.0 Å². The molecule has 1 aromatic heterocycles. The van der Waals surface area contributed by atoms with Gasteiger partial charge in [0.15, 0.2) is 0 Å². The quantitative estimate of drug-likeness (QED) is 0.668. The first-order chi connectivity index (χ1) is 8.54. The summed E-state index contributed by atoms with van der Waals surface area (Å²) in [5, 5.41) is 8.78. The van der Waals surface area contributed by atoms with Crippen LogP contribution in [0.1, 0.15) is 12.8 Å². The van der Waals surface area contributed by atoms with E-state index in [0.717, 1.165) is 0 Å². The zero-order valence-corrected chi connectivity index (χ0v) is 9.47. The summed E-state index contributed by atoms with van der Waals surface area (Å²) >= 11 is 0. The number of nitrogens with zero attached hydrogens (tertiary/aromatic N) is 2. The van der Waals surface area contributed by atoms with Gasteiger partial charge in [-0.2, -0.15) is 22.5 Å². The van der Waals surface area contributed by atoms with Crippen molar-refractivity contribution in [3.05, 3.63) is 23.5 Å². The fraction of sp³-hybridized carbons (Fsp3) is 0.545. The summed E-state index contributed by atoms with van der Waals surface area (Å²) < 4.78 is 52.9. The number of pyridine rings is 1. The molecule has 1 aliphatic rings. The lowest BCUT2D eigenvalue weighted by Crippen LogP contribution is -2.24. The van der Waals surface area contributed by atoms with Crippen LogP contribution in [0, 0.1) is 29.4 Å². The van der Waals surface area contributed by atoms with E-state index in [1.54, 1.807) is 0 Å². The standard InChI is InChI=1S/C11H12F4N2O/c12-7-9(8(13)11(15)16-10(7)14)17-3-1-6(5-17)2-4-18/h6,18H,1-5H2. The SMILES string of the molecule is OCCC1CCN(c2c(F)c(F)nc(F)c2F)C1. The second-order valence-electron chi connectivity index (χ2n) is 4.28. The van der Waals surface area contributed by atoms with Gasteiger partial charge in [0.2, 0.25) is 11.6 Å². The third kappa shape index (κ3) is 2.27. The number of anilines is 1. The summed E-state index contributed by atoms with van der Waals surface area (Å²) in [5.74, 6) is -6.17. The van der Waals surface area contributed by atoms with E-state index in [9.17, 15) is 17.6 Å². The lowest BCUT2D eigenvalue weighted by Gasteiger charge is -2.20. The molecule has 1 N–H and O–H groups in total. The number of rotatable bonds is 3. The fourth-order valence-corrected chi connectivity index (χ4v) is 2.21. The second kappa shape index (κ2) is 5.09. The number of aliphatic hydroxyl groups is 1. The molecule has 18 heavy (non-hydrogen) atoms. The minimum atomic E-state index is -1.64. The zero-order chi connectivity index (χ0) is 13.3. The summed E-state index contributed by atoms with van der Waals surface area (Å²) in [6, 6.07) is 0. The van der Waals surface area contributed by atoms with Crippen molar-refractivity contribution in [1.29, 1.82) is 0 Å². The van der Waals surface area contributed by atoms with E-state index in [1.165, 1.54) is 4.90 Å². The Morgan fingerprint density at radius 2 is 1.78 bits per heavy atom. The van der Waals surface area contributed by atoms with Crippen molar-refractivity contribution in [2.24, 2.45) is 5.92 Å². The first-order valence-electron chi connectivity index (χ1n) is 5.60. The number of aromatic nitrogens is 1. The third-order valence-corrected chi connectivity index (χ3v) is 3.11. The molecule has 1 unspecified atom stereocenters. The molecule has 0 saturated carbocycles. The van der Waals surface area contributed by atoms with Crippen molar-refractivity contribution in [2.75, 3.05) is 24.6 Å². The zero-order valence-electron chi connectivity index (χ0n) is 9.47. The molecule has 1 aromatic rings. The minimum Gasteiger partial charge on any atom is -0.396 e. The Morgan fingerprint density at radius 1 is 1.17 bits per heavy atom. The van der Waals surface area contributed by atoms with Gasteiger partial charge in [0, 0.05) is 19.7 Å². The molecular formula is C11H12F4N2O. The topological polar surface area (TPSA) is 36.4 Å². The molecule has 1 saturated heterocycles. The van der Waals surface area contributed by atoms with Crippen molar-refractivity contribution in [2.45, 2.75) is 12.8 Å². The maximum absolute atomic E-state index is 13.5. The van der Waals surface area contributed by atoms with Crippen LogP contribution in [0.4, 0.5) is 23.2 Å². The normalized spacial score (nSPS) is 19.6. The molecule has 2 heterocycles. The minimum absolute atomic E-state index is 0.0253. The maximum Gasteiger partial charge on any atom is 0.253 e. The predicted molar refractivity (Wildman–Crippen MR) is 56.1 cm³/mol. The molecule has 1 atom stereocenters. The molecule has 3 nitrogen and oxygen atoms in total. The van der Waals surface area contributed by atoms with Crippen molar-refractivity contribution in [3.8, 4) is 0 Å². The van der Waals surface area contributed by atoms with Crippen LogP contribution in [0.15, 0.2) is 0 Å². The van der Waals surface area contributed by atoms with Crippen molar-refractivity contribution < 1.29 is 22.7 Å². The summed E-state index contributed by atoms with van der Waals surface area (Å²) in [5.41, 5.74) is -0.708. The molecule has 1 aliphatic heterocycles. The average Bonchev–Trinajstić information content (AvgIpc) is 2.76. The van der Waals surface area contributed by atoms with Crippen LogP contribution in [-0.2, 0) is 0 Å². The van der Waals surface area contributed by atoms with Gasteiger partial charge in [-0.25, -0.2) is 0 Å². The number of aliphatic hydroxyl groups excluding tert-OH is 1. The number of hydrogen-bond acceptors (Lipinski definition) is 3. The molecule has 2 rings (SSSR count). The number of halogens is 4. The largest absolute Gasteiger partial charge is 0.396 e. The summed E-state index contributed by atoms with van der Waals surface area (Å²) in [7, 11) is 0. The van der Waals surface area contributed by atoms with Gasteiger partial charge in [-0.3, -0.25) is 0 Å². The van der Waals surface area contributed by atoms with E-state index < -0.39 is 29.2 Å². The van der Waals surface area contributed by atoms with Crippen LogP contribution in [0.3, 0.4) is 0 Å². The van der Waals surface area contributed by atoms with E-state index in [-0.39, 0.29) is 19.1 Å². The highest BCUT2D eigenvalue weighted by molar-refractivity contribution is 5.49. The maximum atomic E-state index is 13.5. The molecule has 0 radical (unpaired) electrons. The van der Waals surface area contributed by atoms with Gasteiger partial charge in [0.05, 0.1) is 0 Å². The molecule has 1 fully saturated rings. The van der Waals surface area contributed by atoms with Gasteiger partial charge in [0.25, 0.3) is 11.9 Å². The summed E-state index contributed by atoms with van der Waals surface area (Å²) in [6.45, 7) is 0.529. The lowest BCUT2D eigenvalue weighted by atomic mass is 10.1. The second-order valence-corrected chi connectivity index (χ2v) is 4.28. The fourth-order valence-electron chi connectivity index (χ4n) is 2.21. The Labute approximate surface area is 101 Å². The lowest BCUT2D eigenvalue weighted by molar-refractivity contribution is 0.263. The van der Waals surface area contributed by atoms with Crippen LogP contribution in [0.5, 0.6) is 0 Å². The molecule has 0 aliphatic carbocycles. The molecule has 0 amide bonds. The van der Waals surface area contributed by atoms with E-state index in [0.29, 0.717) is 19.4 Å². The monoisotopic (exact) mass is 264 g/mol. The van der Waals surface area contributed by atoms with E-state index in [2.05, 4.69) is 4.98 Å². The average molecular weight is 264 g/mol. The predicted octanol–water partition coefficient (Wildman–Crippen LogP) is 1.85. The van der Waals surface area contributed by atoms with Crippen molar-refractivity contribution in [1.82, 2.24) is 4.98 Å². The third-order valence-electron chi connectivity index (χ3n) is 3.11. The van der Waals surface area contributed by atoms with Crippen LogP contribution in [0.2, 0.25) is 0 Å². The van der Waals surface area contributed by atoms with Crippen molar-refractivity contribution in [3.63, 3.8) is 0 Å². The van der Waals surface area contributed by atoms with E-state index in [1.807, 2.05) is 0 Å². The van der Waals surface area contributed by atoms with Crippen LogP contribution in [-0.4, -0.2) is 29.8 Å². The Kier molecular flexibility index (Phi) is 3.70. The molecule has 0 spiro atoms. The Hall–Kier alpha value is -1.37. The summed E-state index contributed by atoms with van der Waals surface area (Å²) in [4.78, 5) is 3.76. The Balaban J connectivity index is 2.29. The van der Waals surface area contributed by atoms with E-state index >= 15 is 0 Å². The van der Waals surface area contributed by atoms with Crippen LogP contribution < -0.4 is 4.90 Å². The highest BCUT2D eigenvalue weighted by Gasteiger charge is 2.30.